The van der Waals surface area contributed by atoms with Crippen molar-refractivity contribution in [2.75, 3.05) is 13.2 Å². The highest BCUT2D eigenvalue weighted by Crippen LogP contribution is 2.19. The summed E-state index contributed by atoms with van der Waals surface area (Å²) < 4.78 is 16.3. The topological polar surface area (TPSA) is 73.9 Å². The van der Waals surface area contributed by atoms with E-state index in [4.69, 9.17) is 14.2 Å². The minimum atomic E-state index is -0.798. The molecule has 1 saturated heterocycles. The lowest BCUT2D eigenvalue weighted by Crippen LogP contribution is -2.37. The predicted molar refractivity (Wildman–Crippen MR) is 87.0 cm³/mol. The number of ether oxygens (including phenoxy) is 3. The smallest absolute Gasteiger partial charge is 0.338 e. The van der Waals surface area contributed by atoms with Crippen LogP contribution in [0, 0.1) is 0 Å². The maximum Gasteiger partial charge on any atom is 0.338 e. The third-order valence-corrected chi connectivity index (χ3v) is 4.13. The molecule has 0 bridgehead atoms. The molecule has 130 valence electrons. The molecule has 1 aromatic carbocycles. The average Bonchev–Trinajstić information content (AvgIpc) is 3.24. The molecule has 1 aliphatic heterocycles. The molecule has 2 atom stereocenters. The first kappa shape index (κ1) is 16.8. The Morgan fingerprint density at radius 2 is 2.00 bits per heavy atom. The van der Waals surface area contributed by atoms with E-state index in [1.165, 1.54) is 0 Å². The summed E-state index contributed by atoms with van der Waals surface area (Å²) in [5.41, 5.74) is 0.394. The van der Waals surface area contributed by atoms with E-state index in [-0.39, 0.29) is 18.1 Å². The summed E-state index contributed by atoms with van der Waals surface area (Å²) in [6, 6.07) is 6.97. The Morgan fingerprint density at radius 1 is 1.25 bits per heavy atom. The fourth-order valence-electron chi connectivity index (χ4n) is 2.48. The number of benzene rings is 1. The predicted octanol–water partition coefficient (Wildman–Crippen LogP) is 2.07. The van der Waals surface area contributed by atoms with Crippen LogP contribution >= 0.6 is 0 Å². The Balaban J connectivity index is 1.46. The van der Waals surface area contributed by atoms with E-state index in [9.17, 15) is 9.59 Å². The molecule has 6 nitrogen and oxygen atoms in total. The van der Waals surface area contributed by atoms with Gasteiger partial charge in [-0.15, -0.1) is 0 Å². The quantitative estimate of drug-likeness (QED) is 0.773. The molecule has 1 aliphatic carbocycles. The van der Waals surface area contributed by atoms with Crippen molar-refractivity contribution < 1.29 is 23.8 Å². The molecule has 0 radical (unpaired) electrons. The lowest BCUT2D eigenvalue weighted by Gasteiger charge is -2.14. The van der Waals surface area contributed by atoms with Gasteiger partial charge in [-0.05, 0) is 56.9 Å². The zero-order chi connectivity index (χ0) is 16.9. The van der Waals surface area contributed by atoms with Crippen molar-refractivity contribution in [1.82, 2.24) is 5.32 Å². The van der Waals surface area contributed by atoms with Gasteiger partial charge in [0.05, 0.1) is 11.7 Å². The molecule has 0 spiro atoms. The second kappa shape index (κ2) is 7.66. The highest BCUT2D eigenvalue weighted by atomic mass is 16.5. The van der Waals surface area contributed by atoms with Crippen molar-refractivity contribution >= 4 is 11.9 Å². The van der Waals surface area contributed by atoms with E-state index in [1.807, 2.05) is 0 Å². The first-order valence-electron chi connectivity index (χ1n) is 8.47. The molecule has 6 heteroatoms. The molecule has 2 aliphatic rings. The number of carbonyl (C=O) groups is 2. The second-order valence-electron chi connectivity index (χ2n) is 6.30. The van der Waals surface area contributed by atoms with Crippen LogP contribution in [0.15, 0.2) is 24.3 Å². The third kappa shape index (κ3) is 4.71. The Hall–Kier alpha value is -2.08. The summed E-state index contributed by atoms with van der Waals surface area (Å²) in [7, 11) is 0. The van der Waals surface area contributed by atoms with Crippen LogP contribution in [0.4, 0.5) is 0 Å². The Morgan fingerprint density at radius 3 is 2.62 bits per heavy atom. The van der Waals surface area contributed by atoms with Crippen molar-refractivity contribution in [3.05, 3.63) is 29.8 Å². The van der Waals surface area contributed by atoms with Gasteiger partial charge in [0, 0.05) is 12.6 Å². The first-order chi connectivity index (χ1) is 11.6. The maximum absolute atomic E-state index is 12.1. The van der Waals surface area contributed by atoms with Crippen LogP contribution in [0.5, 0.6) is 5.75 Å². The van der Waals surface area contributed by atoms with Crippen LogP contribution in [0.25, 0.3) is 0 Å². The number of esters is 1. The minimum absolute atomic E-state index is 0.153. The van der Waals surface area contributed by atoms with Crippen molar-refractivity contribution in [3.8, 4) is 5.75 Å². The summed E-state index contributed by atoms with van der Waals surface area (Å²) in [6.07, 6.45) is 3.45. The number of carbonyl (C=O) groups excluding carboxylic acids is 2. The van der Waals surface area contributed by atoms with Gasteiger partial charge in [0.1, 0.15) is 12.4 Å². The van der Waals surface area contributed by atoms with Crippen molar-refractivity contribution in [2.24, 2.45) is 0 Å². The van der Waals surface area contributed by atoms with Gasteiger partial charge in [-0.25, -0.2) is 4.79 Å². The lowest BCUT2D eigenvalue weighted by molar-refractivity contribution is -0.129. The zero-order valence-corrected chi connectivity index (χ0v) is 13.8. The molecule has 1 N–H and O–H groups in total. The molecular weight excluding hydrogens is 310 g/mol. The molecule has 2 fully saturated rings. The van der Waals surface area contributed by atoms with Crippen LogP contribution in [-0.2, 0) is 14.3 Å². The lowest BCUT2D eigenvalue weighted by atomic mass is 10.2. The van der Waals surface area contributed by atoms with Gasteiger partial charge >= 0.3 is 5.97 Å². The fourth-order valence-corrected chi connectivity index (χ4v) is 2.48. The minimum Gasteiger partial charge on any atom is -0.491 e. The van der Waals surface area contributed by atoms with E-state index in [0.717, 1.165) is 32.3 Å². The molecule has 0 unspecified atom stereocenters. The van der Waals surface area contributed by atoms with E-state index >= 15 is 0 Å². The average molecular weight is 333 g/mol. The normalized spacial score (nSPS) is 21.1. The van der Waals surface area contributed by atoms with Gasteiger partial charge in [-0.3, -0.25) is 4.79 Å². The van der Waals surface area contributed by atoms with Gasteiger partial charge in [-0.1, -0.05) is 0 Å². The highest BCUT2D eigenvalue weighted by Gasteiger charge is 2.27. The van der Waals surface area contributed by atoms with Gasteiger partial charge < -0.3 is 19.5 Å². The number of rotatable bonds is 7. The third-order valence-electron chi connectivity index (χ3n) is 4.13. The fraction of sp³-hybridized carbons (Fsp3) is 0.556. The number of amides is 1. The molecule has 1 aromatic rings. The highest BCUT2D eigenvalue weighted by molar-refractivity contribution is 5.92. The molecule has 3 rings (SSSR count). The van der Waals surface area contributed by atoms with Crippen LogP contribution in [-0.4, -0.2) is 43.3 Å². The summed E-state index contributed by atoms with van der Waals surface area (Å²) in [5.74, 6) is -0.0805. The van der Waals surface area contributed by atoms with E-state index in [2.05, 4.69) is 5.32 Å². The summed E-state index contributed by atoms with van der Waals surface area (Å²) in [4.78, 5) is 23.9. The van der Waals surface area contributed by atoms with Crippen molar-refractivity contribution in [3.63, 3.8) is 0 Å². The van der Waals surface area contributed by atoms with Crippen LogP contribution in [0.2, 0.25) is 0 Å². The van der Waals surface area contributed by atoms with Crippen LogP contribution < -0.4 is 10.1 Å². The largest absolute Gasteiger partial charge is 0.491 e. The standard InChI is InChI=1S/C18H23NO5/c1-12(17(20)19-14-6-7-14)24-18(21)13-4-8-15(9-5-13)23-11-16-3-2-10-22-16/h4-5,8-9,12,14,16H,2-3,6-7,10-11H2,1H3,(H,19,20)/t12-,16-/m1/s1. The number of hydrogen-bond acceptors (Lipinski definition) is 5. The van der Waals surface area contributed by atoms with Gasteiger partial charge in [-0.2, -0.15) is 0 Å². The summed E-state index contributed by atoms with van der Waals surface area (Å²) in [6.45, 7) is 2.89. The van der Waals surface area contributed by atoms with Crippen molar-refractivity contribution in [2.45, 2.75) is 50.9 Å². The molecule has 1 heterocycles. The number of hydrogen-bond donors (Lipinski definition) is 1. The molecule has 0 aromatic heterocycles. The molecular formula is C18H23NO5. The van der Waals surface area contributed by atoms with Gasteiger partial charge in [0.2, 0.25) is 0 Å². The van der Waals surface area contributed by atoms with E-state index < -0.39 is 12.1 Å². The van der Waals surface area contributed by atoms with Crippen LogP contribution in [0.1, 0.15) is 43.0 Å². The maximum atomic E-state index is 12.1. The van der Waals surface area contributed by atoms with E-state index in [1.54, 1.807) is 31.2 Å². The monoisotopic (exact) mass is 333 g/mol. The van der Waals surface area contributed by atoms with Crippen LogP contribution in [0.3, 0.4) is 0 Å². The Bertz CT molecular complexity index is 576. The van der Waals surface area contributed by atoms with Gasteiger partial charge in [0.25, 0.3) is 5.91 Å². The van der Waals surface area contributed by atoms with Gasteiger partial charge in [0.15, 0.2) is 6.10 Å². The zero-order valence-electron chi connectivity index (χ0n) is 13.8. The summed E-state index contributed by atoms with van der Waals surface area (Å²) >= 11 is 0. The molecule has 1 amide bonds. The molecule has 24 heavy (non-hydrogen) atoms. The Kier molecular flexibility index (Phi) is 5.35. The Labute approximate surface area is 141 Å². The van der Waals surface area contributed by atoms with Crippen molar-refractivity contribution in [1.29, 1.82) is 0 Å². The number of nitrogens with one attached hydrogen (secondary N) is 1. The molecule has 1 saturated carbocycles. The summed E-state index contributed by atoms with van der Waals surface area (Å²) in [5, 5.41) is 2.81. The second-order valence-corrected chi connectivity index (χ2v) is 6.30. The first-order valence-corrected chi connectivity index (χ1v) is 8.47. The van der Waals surface area contributed by atoms with E-state index in [0.29, 0.717) is 17.9 Å². The SMILES string of the molecule is C[C@@H](OC(=O)c1ccc(OC[C@H]2CCCO2)cc1)C(=O)NC1CC1.